The van der Waals surface area contributed by atoms with Crippen molar-refractivity contribution in [3.8, 4) is 11.3 Å². The summed E-state index contributed by atoms with van der Waals surface area (Å²) in [6.45, 7) is 0. The van der Waals surface area contributed by atoms with Gasteiger partial charge >= 0.3 is 0 Å². The van der Waals surface area contributed by atoms with Gasteiger partial charge in [-0.05, 0) is 11.6 Å². The molecule has 78 valence electrons. The van der Waals surface area contributed by atoms with Crippen molar-refractivity contribution in [2.45, 2.75) is 0 Å². The number of nitrogens with zero attached hydrogens (tertiary/aromatic N) is 2. The van der Waals surface area contributed by atoms with Crippen LogP contribution in [0, 0.1) is 0 Å². The summed E-state index contributed by atoms with van der Waals surface area (Å²) in [4.78, 5) is 8.29. The Morgan fingerprint density at radius 2 is 1.81 bits per heavy atom. The van der Waals surface area contributed by atoms with E-state index in [1.807, 2.05) is 30.3 Å². The van der Waals surface area contributed by atoms with Crippen LogP contribution in [0.2, 0.25) is 5.28 Å². The van der Waals surface area contributed by atoms with Gasteiger partial charge in [-0.2, -0.15) is 0 Å². The number of benzene rings is 1. The topological polar surface area (TPSA) is 38.9 Å². The zero-order valence-electron chi connectivity index (χ0n) is 8.22. The van der Waals surface area contributed by atoms with E-state index in [4.69, 9.17) is 16.0 Å². The number of aromatic nitrogens is 2. The van der Waals surface area contributed by atoms with Crippen molar-refractivity contribution in [3.05, 3.63) is 47.9 Å². The molecule has 3 aromatic rings. The van der Waals surface area contributed by atoms with Gasteiger partial charge in [0.25, 0.3) is 0 Å². The van der Waals surface area contributed by atoms with Crippen LogP contribution in [0.3, 0.4) is 0 Å². The van der Waals surface area contributed by atoms with Crippen LogP contribution in [0.1, 0.15) is 0 Å². The molecule has 0 aliphatic carbocycles. The number of hydrogen-bond donors (Lipinski definition) is 0. The average molecular weight is 231 g/mol. The molecule has 0 saturated carbocycles. The molecule has 1 aromatic carbocycles. The van der Waals surface area contributed by atoms with Gasteiger partial charge in [-0.1, -0.05) is 30.3 Å². The molecule has 0 unspecified atom stereocenters. The molecule has 0 saturated heterocycles. The maximum Gasteiger partial charge on any atom is 0.223 e. The fraction of sp³-hybridized carbons (Fsp3) is 0. The number of fused-ring (bicyclic) bond motifs is 1. The Balaban J connectivity index is 2.34. The molecule has 0 amide bonds. The minimum atomic E-state index is 0.229. The smallest absolute Gasteiger partial charge is 0.223 e. The van der Waals surface area contributed by atoms with Gasteiger partial charge in [0, 0.05) is 11.6 Å². The lowest BCUT2D eigenvalue weighted by Gasteiger charge is -2.01. The van der Waals surface area contributed by atoms with E-state index in [0.717, 1.165) is 16.8 Å². The van der Waals surface area contributed by atoms with Crippen LogP contribution in [0.25, 0.3) is 22.4 Å². The highest BCUT2D eigenvalue weighted by molar-refractivity contribution is 6.28. The van der Waals surface area contributed by atoms with Crippen LogP contribution in [0.4, 0.5) is 0 Å². The summed E-state index contributed by atoms with van der Waals surface area (Å²) < 4.78 is 5.37. The molecule has 0 aliphatic rings. The van der Waals surface area contributed by atoms with Crippen molar-refractivity contribution >= 4 is 22.7 Å². The predicted molar refractivity (Wildman–Crippen MR) is 62.3 cm³/mol. The normalized spacial score (nSPS) is 10.8. The van der Waals surface area contributed by atoms with Gasteiger partial charge in [0.15, 0.2) is 5.58 Å². The zero-order valence-corrected chi connectivity index (χ0v) is 8.98. The van der Waals surface area contributed by atoms with Crippen molar-refractivity contribution in [1.82, 2.24) is 9.97 Å². The molecule has 0 radical (unpaired) electrons. The van der Waals surface area contributed by atoms with E-state index in [2.05, 4.69) is 9.97 Å². The van der Waals surface area contributed by atoms with Gasteiger partial charge in [-0.15, -0.1) is 0 Å². The Labute approximate surface area is 96.7 Å². The van der Waals surface area contributed by atoms with E-state index in [1.54, 1.807) is 12.3 Å². The summed E-state index contributed by atoms with van der Waals surface area (Å²) in [5.41, 5.74) is 3.07. The van der Waals surface area contributed by atoms with Crippen LogP contribution < -0.4 is 0 Å². The maximum absolute atomic E-state index is 5.87. The monoisotopic (exact) mass is 230 g/mol. The molecular weight excluding hydrogens is 224 g/mol. The number of furan rings is 1. The lowest BCUT2D eigenvalue weighted by atomic mass is 10.1. The third kappa shape index (κ3) is 1.46. The third-order valence-corrected chi connectivity index (χ3v) is 2.49. The first-order chi connectivity index (χ1) is 7.84. The molecule has 0 atom stereocenters. The van der Waals surface area contributed by atoms with Crippen LogP contribution in [0.15, 0.2) is 47.1 Å². The van der Waals surface area contributed by atoms with E-state index in [0.29, 0.717) is 5.58 Å². The molecule has 0 N–H and O–H groups in total. The van der Waals surface area contributed by atoms with E-state index < -0.39 is 0 Å². The van der Waals surface area contributed by atoms with Crippen LogP contribution in [-0.2, 0) is 0 Å². The largest absolute Gasteiger partial charge is 0.460 e. The standard InChI is InChI=1S/C12H7ClN2O/c13-12-14-9-6-7-16-11(9)10(15-12)8-4-2-1-3-5-8/h1-7H. The highest BCUT2D eigenvalue weighted by Crippen LogP contribution is 2.27. The van der Waals surface area contributed by atoms with Gasteiger partial charge in [0.2, 0.25) is 5.28 Å². The highest BCUT2D eigenvalue weighted by Gasteiger charge is 2.10. The first-order valence-electron chi connectivity index (χ1n) is 4.81. The Kier molecular flexibility index (Phi) is 2.11. The summed E-state index contributed by atoms with van der Waals surface area (Å²) in [7, 11) is 0. The van der Waals surface area contributed by atoms with Gasteiger partial charge < -0.3 is 4.42 Å². The maximum atomic E-state index is 5.87. The number of rotatable bonds is 1. The molecule has 3 nitrogen and oxygen atoms in total. The van der Waals surface area contributed by atoms with Crippen LogP contribution in [-0.4, -0.2) is 9.97 Å². The van der Waals surface area contributed by atoms with E-state index in [1.165, 1.54) is 0 Å². The van der Waals surface area contributed by atoms with Crippen molar-refractivity contribution in [2.24, 2.45) is 0 Å². The third-order valence-electron chi connectivity index (χ3n) is 2.32. The number of hydrogen-bond acceptors (Lipinski definition) is 3. The predicted octanol–water partition coefficient (Wildman–Crippen LogP) is 3.54. The van der Waals surface area contributed by atoms with E-state index in [9.17, 15) is 0 Å². The minimum absolute atomic E-state index is 0.229. The van der Waals surface area contributed by atoms with Gasteiger partial charge in [-0.3, -0.25) is 0 Å². The lowest BCUT2D eigenvalue weighted by Crippen LogP contribution is -1.88. The Morgan fingerprint density at radius 3 is 2.62 bits per heavy atom. The Morgan fingerprint density at radius 1 is 1.00 bits per heavy atom. The summed E-state index contributed by atoms with van der Waals surface area (Å²) >= 11 is 5.87. The number of halogens is 1. The van der Waals surface area contributed by atoms with Crippen molar-refractivity contribution in [1.29, 1.82) is 0 Å². The summed E-state index contributed by atoms with van der Waals surface area (Å²) in [6.07, 6.45) is 1.59. The molecule has 4 heteroatoms. The molecule has 0 spiro atoms. The van der Waals surface area contributed by atoms with Crippen LogP contribution >= 0.6 is 11.6 Å². The molecular formula is C12H7ClN2O. The second-order valence-electron chi connectivity index (χ2n) is 3.34. The SMILES string of the molecule is Clc1nc(-c2ccccc2)c2occc2n1. The van der Waals surface area contributed by atoms with Gasteiger partial charge in [0.1, 0.15) is 11.2 Å². The quantitative estimate of drug-likeness (QED) is 0.600. The highest BCUT2D eigenvalue weighted by atomic mass is 35.5. The molecule has 0 aliphatic heterocycles. The lowest BCUT2D eigenvalue weighted by molar-refractivity contribution is 0.615. The molecule has 0 fully saturated rings. The van der Waals surface area contributed by atoms with Crippen LogP contribution in [0.5, 0.6) is 0 Å². The molecule has 0 bridgehead atoms. The fourth-order valence-electron chi connectivity index (χ4n) is 1.63. The zero-order chi connectivity index (χ0) is 11.0. The first-order valence-corrected chi connectivity index (χ1v) is 5.18. The Hall–Kier alpha value is -1.87. The van der Waals surface area contributed by atoms with Gasteiger partial charge in [0.05, 0.1) is 6.26 Å². The van der Waals surface area contributed by atoms with E-state index >= 15 is 0 Å². The average Bonchev–Trinajstić information content (AvgIpc) is 2.77. The second kappa shape index (κ2) is 3.61. The summed E-state index contributed by atoms with van der Waals surface area (Å²) in [5.74, 6) is 0. The molecule has 2 aromatic heterocycles. The van der Waals surface area contributed by atoms with E-state index in [-0.39, 0.29) is 5.28 Å². The summed E-state index contributed by atoms with van der Waals surface area (Å²) in [6, 6.07) is 11.5. The van der Waals surface area contributed by atoms with Crippen molar-refractivity contribution in [3.63, 3.8) is 0 Å². The molecule has 16 heavy (non-hydrogen) atoms. The first kappa shape index (κ1) is 9.36. The van der Waals surface area contributed by atoms with Crippen molar-refractivity contribution in [2.75, 3.05) is 0 Å². The molecule has 2 heterocycles. The second-order valence-corrected chi connectivity index (χ2v) is 3.68. The fourth-order valence-corrected chi connectivity index (χ4v) is 1.80. The summed E-state index contributed by atoms with van der Waals surface area (Å²) in [5, 5.41) is 0.229. The van der Waals surface area contributed by atoms with Crippen molar-refractivity contribution < 1.29 is 4.42 Å². The molecule has 3 rings (SSSR count). The van der Waals surface area contributed by atoms with Gasteiger partial charge in [-0.25, -0.2) is 9.97 Å². The minimum Gasteiger partial charge on any atom is -0.460 e. The Bertz CT molecular complexity index is 634.